The Bertz CT molecular complexity index is 400. The molecular formula is C11H19NNaO7P. The summed E-state index contributed by atoms with van der Waals surface area (Å²) < 4.78 is 26.3. The number of hydrogen-bond donors (Lipinski definition) is 0. The van der Waals surface area contributed by atoms with Crippen LogP contribution in [-0.2, 0) is 28.4 Å². The number of nitrogens with zero attached hydrogens (tertiary/aromatic N) is 1. The van der Waals surface area contributed by atoms with Crippen molar-refractivity contribution in [3.63, 3.8) is 0 Å². The van der Waals surface area contributed by atoms with E-state index in [0.29, 0.717) is 26.3 Å². The van der Waals surface area contributed by atoms with E-state index in [0.717, 1.165) is 14.2 Å². The summed E-state index contributed by atoms with van der Waals surface area (Å²) in [4.78, 5) is 36.8. The summed E-state index contributed by atoms with van der Waals surface area (Å²) in [6.07, 6.45) is -0.818. The number of carbonyl (C=O) groups is 2. The van der Waals surface area contributed by atoms with Gasteiger partial charge in [0.25, 0.3) is 0 Å². The zero-order valence-electron chi connectivity index (χ0n) is 12.6. The molecule has 0 bridgehead atoms. The monoisotopic (exact) mass is 331 g/mol. The molecule has 1 rings (SSSR count). The maximum Gasteiger partial charge on any atom is 1.00 e. The molecule has 1 aliphatic heterocycles. The smallest absolute Gasteiger partial charge is 0.798 e. The third-order valence-corrected chi connectivity index (χ3v) is 5.17. The van der Waals surface area contributed by atoms with Gasteiger partial charge in [0.2, 0.25) is 0 Å². The molecular weight excluding hydrogens is 312 g/mol. The number of hydrogen-bond acceptors (Lipinski definition) is 8. The van der Waals surface area contributed by atoms with Gasteiger partial charge in [-0.05, 0) is 0 Å². The van der Waals surface area contributed by atoms with E-state index in [1.807, 2.05) is 0 Å². The van der Waals surface area contributed by atoms with Crippen LogP contribution in [0.2, 0.25) is 0 Å². The van der Waals surface area contributed by atoms with E-state index >= 15 is 0 Å². The van der Waals surface area contributed by atoms with Crippen LogP contribution in [0, 0.1) is 0 Å². The molecule has 0 aromatic rings. The second-order valence-electron chi connectivity index (χ2n) is 4.42. The minimum Gasteiger partial charge on any atom is -0.798 e. The number of methoxy groups -OCH3 is 2. The number of carbonyl (C=O) groups excluding carboxylic acids is 2. The van der Waals surface area contributed by atoms with Crippen LogP contribution in [0.25, 0.3) is 0 Å². The third kappa shape index (κ3) is 6.78. The molecule has 0 aliphatic carbocycles. The average molecular weight is 331 g/mol. The first-order valence-corrected chi connectivity index (χ1v) is 8.03. The molecule has 0 N–H and O–H groups in total. The van der Waals surface area contributed by atoms with Gasteiger partial charge in [0.05, 0.1) is 33.9 Å². The standard InChI is InChI=1S/C11H20NO7P.Na/c1-17-10(13)7-9(11(14)18-2)20(15,16)8-12-3-5-19-6-4-12;/h9H,3-8H2,1-2H3,(H,15,16);/q;+1/p-1. The second kappa shape index (κ2) is 9.94. The Morgan fingerprint density at radius 2 is 1.86 bits per heavy atom. The van der Waals surface area contributed by atoms with Crippen LogP contribution in [0.5, 0.6) is 0 Å². The Hall–Kier alpha value is 0.0500. The van der Waals surface area contributed by atoms with Crippen LogP contribution >= 0.6 is 7.37 Å². The van der Waals surface area contributed by atoms with E-state index in [4.69, 9.17) is 4.74 Å². The molecule has 0 amide bonds. The van der Waals surface area contributed by atoms with Crippen LogP contribution in [0.3, 0.4) is 0 Å². The molecule has 1 saturated heterocycles. The first-order chi connectivity index (χ1) is 9.40. The minimum atomic E-state index is -4.17. The number of ether oxygens (including phenoxy) is 3. The summed E-state index contributed by atoms with van der Waals surface area (Å²) in [5, 5.41) is 0. The van der Waals surface area contributed by atoms with Crippen molar-refractivity contribution in [2.24, 2.45) is 0 Å². The van der Waals surface area contributed by atoms with Gasteiger partial charge >= 0.3 is 41.5 Å². The first kappa shape index (κ1) is 21.0. The molecule has 0 saturated carbocycles. The van der Waals surface area contributed by atoms with Gasteiger partial charge in [0.1, 0.15) is 5.66 Å². The molecule has 0 aromatic heterocycles. The average Bonchev–Trinajstić information content (AvgIpc) is 2.44. The van der Waals surface area contributed by atoms with Crippen molar-refractivity contribution in [1.29, 1.82) is 0 Å². The van der Waals surface area contributed by atoms with Gasteiger partial charge in [-0.25, -0.2) is 0 Å². The Morgan fingerprint density at radius 1 is 1.29 bits per heavy atom. The van der Waals surface area contributed by atoms with Gasteiger partial charge in [-0.2, -0.15) is 0 Å². The molecule has 0 aromatic carbocycles. The predicted octanol–water partition coefficient (Wildman–Crippen LogP) is -3.98. The number of morpholine rings is 1. The Morgan fingerprint density at radius 3 is 2.33 bits per heavy atom. The van der Waals surface area contributed by atoms with Crippen molar-refractivity contribution in [3.05, 3.63) is 0 Å². The Kier molecular flexibility index (Phi) is 9.97. The molecule has 2 atom stereocenters. The quantitative estimate of drug-likeness (QED) is 0.276. The summed E-state index contributed by atoms with van der Waals surface area (Å²) in [6, 6.07) is 0. The summed E-state index contributed by atoms with van der Waals surface area (Å²) in [7, 11) is -1.95. The zero-order chi connectivity index (χ0) is 15.2. The van der Waals surface area contributed by atoms with Crippen molar-refractivity contribution in [1.82, 2.24) is 4.90 Å². The van der Waals surface area contributed by atoms with E-state index in [1.165, 1.54) is 0 Å². The van der Waals surface area contributed by atoms with Crippen LogP contribution in [-0.4, -0.2) is 69.3 Å². The molecule has 0 spiro atoms. The molecule has 21 heavy (non-hydrogen) atoms. The Labute approximate surface area is 145 Å². The van der Waals surface area contributed by atoms with E-state index < -0.39 is 31.4 Å². The van der Waals surface area contributed by atoms with Crippen LogP contribution in [0.1, 0.15) is 6.42 Å². The van der Waals surface area contributed by atoms with Gasteiger partial charge < -0.3 is 23.7 Å². The zero-order valence-corrected chi connectivity index (χ0v) is 15.5. The fourth-order valence-electron chi connectivity index (χ4n) is 1.88. The van der Waals surface area contributed by atoms with Gasteiger partial charge in [-0.15, -0.1) is 0 Å². The third-order valence-electron chi connectivity index (χ3n) is 3.04. The summed E-state index contributed by atoms with van der Waals surface area (Å²) in [5.41, 5.74) is -1.51. The van der Waals surface area contributed by atoms with Crippen molar-refractivity contribution in [3.8, 4) is 0 Å². The largest absolute Gasteiger partial charge is 1.00 e. The van der Waals surface area contributed by atoms with Crippen LogP contribution in [0.15, 0.2) is 0 Å². The maximum atomic E-state index is 12.3. The molecule has 2 unspecified atom stereocenters. The summed E-state index contributed by atoms with van der Waals surface area (Å²) in [6.45, 7) is 1.83. The fraction of sp³-hybridized carbons (Fsp3) is 0.818. The summed E-state index contributed by atoms with van der Waals surface area (Å²) >= 11 is 0. The van der Waals surface area contributed by atoms with Crippen LogP contribution < -0.4 is 34.5 Å². The topological polar surface area (TPSA) is 105 Å². The second-order valence-corrected chi connectivity index (χ2v) is 6.78. The van der Waals surface area contributed by atoms with E-state index in [-0.39, 0.29) is 35.8 Å². The number of esters is 2. The van der Waals surface area contributed by atoms with Gasteiger partial charge in [0, 0.05) is 26.7 Å². The van der Waals surface area contributed by atoms with Crippen LogP contribution in [0.4, 0.5) is 0 Å². The van der Waals surface area contributed by atoms with Crippen molar-refractivity contribution in [2.45, 2.75) is 12.1 Å². The number of rotatable bonds is 6. The van der Waals surface area contributed by atoms with Crippen molar-refractivity contribution < 1.29 is 62.8 Å². The Balaban J connectivity index is 0.00000400. The molecule has 0 radical (unpaired) electrons. The molecule has 1 fully saturated rings. The molecule has 10 heteroatoms. The SMILES string of the molecule is COC(=O)CC(C(=O)OC)P(=O)([O-])CN1CCOCC1.[Na+]. The van der Waals surface area contributed by atoms with Crippen molar-refractivity contribution in [2.75, 3.05) is 46.8 Å². The van der Waals surface area contributed by atoms with Gasteiger partial charge in [-0.1, -0.05) is 0 Å². The minimum absolute atomic E-state index is 0. The van der Waals surface area contributed by atoms with E-state index in [2.05, 4.69) is 9.47 Å². The predicted molar refractivity (Wildman–Crippen MR) is 67.3 cm³/mol. The van der Waals surface area contributed by atoms with E-state index in [1.54, 1.807) is 4.90 Å². The fourth-order valence-corrected chi connectivity index (χ4v) is 3.77. The van der Waals surface area contributed by atoms with Gasteiger partial charge in [-0.3, -0.25) is 14.5 Å². The van der Waals surface area contributed by atoms with Crippen molar-refractivity contribution >= 4 is 19.3 Å². The van der Waals surface area contributed by atoms with E-state index in [9.17, 15) is 19.0 Å². The summed E-state index contributed by atoms with van der Waals surface area (Å²) in [5.74, 6) is -1.71. The van der Waals surface area contributed by atoms with Gasteiger partial charge in [0.15, 0.2) is 0 Å². The molecule has 8 nitrogen and oxygen atoms in total. The normalized spacial score (nSPS) is 19.8. The molecule has 1 heterocycles. The first-order valence-electron chi connectivity index (χ1n) is 6.15. The molecule has 1 aliphatic rings. The maximum absolute atomic E-state index is 12.3. The molecule has 116 valence electrons.